The molecule has 2 atom stereocenters. The number of rotatable bonds is 3. The number of esters is 1. The van der Waals surface area contributed by atoms with Gasteiger partial charge in [-0.25, -0.2) is 9.59 Å². The molecule has 116 valence electrons. The summed E-state index contributed by atoms with van der Waals surface area (Å²) in [6.07, 6.45) is -0.701. The Balaban J connectivity index is 2.15. The number of Topliss-reactive ketones (excluding diaryl/α,β-unsaturated/α-hetero) is 1. The minimum absolute atomic E-state index is 0.0649. The Morgan fingerprint density at radius 1 is 1.41 bits per heavy atom. The molecular weight excluding hydrogens is 290 g/mol. The Kier molecular flexibility index (Phi) is 3.48. The van der Waals surface area contributed by atoms with E-state index in [-0.39, 0.29) is 13.2 Å². The van der Waals surface area contributed by atoms with Crippen LogP contribution in [0, 0.1) is 0 Å². The van der Waals surface area contributed by atoms with E-state index in [1.54, 1.807) is 25.1 Å². The average molecular weight is 305 g/mol. The van der Waals surface area contributed by atoms with Crippen LogP contribution in [0.3, 0.4) is 0 Å². The maximum Gasteiger partial charge on any atom is 0.411 e. The molecule has 0 radical (unpaired) electrons. The lowest BCUT2D eigenvalue weighted by Crippen LogP contribution is -2.52. The molecule has 1 aromatic carbocycles. The average Bonchev–Trinajstić information content (AvgIpc) is 2.89. The van der Waals surface area contributed by atoms with Crippen LogP contribution in [-0.2, 0) is 14.3 Å². The third kappa shape index (κ3) is 1.93. The van der Waals surface area contributed by atoms with Crippen molar-refractivity contribution in [3.63, 3.8) is 0 Å². The number of ketones is 1. The molecule has 0 aromatic heterocycles. The molecule has 7 heteroatoms. The summed E-state index contributed by atoms with van der Waals surface area (Å²) in [5.41, 5.74) is 0.929. The van der Waals surface area contributed by atoms with Gasteiger partial charge in [0.25, 0.3) is 0 Å². The molecule has 1 fully saturated rings. The van der Waals surface area contributed by atoms with E-state index in [0.717, 1.165) is 4.90 Å². The Morgan fingerprint density at radius 2 is 2.18 bits per heavy atom. The predicted octanol–water partition coefficient (Wildman–Crippen LogP) is 1.32. The van der Waals surface area contributed by atoms with E-state index in [4.69, 9.17) is 14.2 Å². The van der Waals surface area contributed by atoms with E-state index in [9.17, 15) is 14.4 Å². The highest BCUT2D eigenvalue weighted by Gasteiger charge is 2.52. The van der Waals surface area contributed by atoms with Crippen molar-refractivity contribution in [1.29, 1.82) is 0 Å². The molecule has 22 heavy (non-hydrogen) atoms. The van der Waals surface area contributed by atoms with Gasteiger partial charge in [-0.2, -0.15) is 0 Å². The fourth-order valence-electron chi connectivity index (χ4n) is 2.94. The van der Waals surface area contributed by atoms with E-state index >= 15 is 0 Å². The van der Waals surface area contributed by atoms with Gasteiger partial charge in [0.1, 0.15) is 18.4 Å². The van der Waals surface area contributed by atoms with Crippen molar-refractivity contribution in [2.75, 3.05) is 20.3 Å². The second-order valence-electron chi connectivity index (χ2n) is 4.94. The van der Waals surface area contributed by atoms with Gasteiger partial charge in [0, 0.05) is 11.1 Å². The van der Waals surface area contributed by atoms with Crippen molar-refractivity contribution in [1.82, 2.24) is 4.90 Å². The second kappa shape index (κ2) is 5.32. The lowest BCUT2D eigenvalue weighted by Gasteiger charge is -2.34. The van der Waals surface area contributed by atoms with E-state index in [1.165, 1.54) is 7.11 Å². The number of methoxy groups -OCH3 is 1. The van der Waals surface area contributed by atoms with Crippen LogP contribution < -0.4 is 4.74 Å². The van der Waals surface area contributed by atoms with Gasteiger partial charge in [-0.15, -0.1) is 0 Å². The largest absolute Gasteiger partial charge is 0.496 e. The summed E-state index contributed by atoms with van der Waals surface area (Å²) in [4.78, 5) is 38.0. The normalized spacial score (nSPS) is 22.7. The molecule has 7 nitrogen and oxygen atoms in total. The van der Waals surface area contributed by atoms with Crippen molar-refractivity contribution in [3.8, 4) is 5.75 Å². The number of fused-ring (bicyclic) bond motifs is 3. The lowest BCUT2D eigenvalue weighted by molar-refractivity contribution is -0.147. The Bertz CT molecular complexity index is 655. The van der Waals surface area contributed by atoms with Gasteiger partial charge in [-0.05, 0) is 13.0 Å². The van der Waals surface area contributed by atoms with Crippen LogP contribution in [0.1, 0.15) is 28.9 Å². The fraction of sp³-hybridized carbons (Fsp3) is 0.400. The van der Waals surface area contributed by atoms with Gasteiger partial charge in [0.2, 0.25) is 0 Å². The number of hydrogen-bond donors (Lipinski definition) is 0. The minimum Gasteiger partial charge on any atom is -0.496 e. The van der Waals surface area contributed by atoms with Crippen LogP contribution in [0.4, 0.5) is 4.79 Å². The zero-order chi connectivity index (χ0) is 15.9. The first-order chi connectivity index (χ1) is 10.6. The summed E-state index contributed by atoms with van der Waals surface area (Å²) >= 11 is 0. The molecule has 1 saturated heterocycles. The van der Waals surface area contributed by atoms with Crippen LogP contribution in [0.25, 0.3) is 0 Å². The number of cyclic esters (lactones) is 1. The van der Waals surface area contributed by atoms with Crippen LogP contribution >= 0.6 is 0 Å². The van der Waals surface area contributed by atoms with Gasteiger partial charge in [0.05, 0.1) is 13.7 Å². The predicted molar refractivity (Wildman–Crippen MR) is 73.7 cm³/mol. The number of ether oxygens (including phenoxy) is 3. The van der Waals surface area contributed by atoms with E-state index in [0.29, 0.717) is 16.9 Å². The highest BCUT2D eigenvalue weighted by atomic mass is 16.6. The summed E-state index contributed by atoms with van der Waals surface area (Å²) in [7, 11) is 1.49. The summed E-state index contributed by atoms with van der Waals surface area (Å²) in [5.74, 6) is -0.742. The number of carbonyl (C=O) groups excluding carboxylic acids is 3. The number of carbonyl (C=O) groups is 3. The summed E-state index contributed by atoms with van der Waals surface area (Å²) < 4.78 is 15.3. The van der Waals surface area contributed by atoms with Crippen molar-refractivity contribution in [2.24, 2.45) is 0 Å². The van der Waals surface area contributed by atoms with Gasteiger partial charge >= 0.3 is 12.1 Å². The molecule has 0 saturated carbocycles. The monoisotopic (exact) mass is 305 g/mol. The standard InChI is InChI=1S/C15H15NO6/c1-3-21-14(18)12-13(17)8-5-4-6-10(20-2)11(8)9-7-22-15(19)16(9)12/h4-6,9,12H,3,7H2,1-2H3. The Labute approximate surface area is 126 Å². The smallest absolute Gasteiger partial charge is 0.411 e. The first-order valence-corrected chi connectivity index (χ1v) is 6.93. The molecule has 0 aliphatic carbocycles. The quantitative estimate of drug-likeness (QED) is 0.618. The van der Waals surface area contributed by atoms with Gasteiger partial charge in [-0.3, -0.25) is 9.69 Å². The topological polar surface area (TPSA) is 82.1 Å². The van der Waals surface area contributed by atoms with Gasteiger partial charge in [-0.1, -0.05) is 12.1 Å². The second-order valence-corrected chi connectivity index (χ2v) is 4.94. The molecule has 2 aliphatic rings. The number of hydrogen-bond acceptors (Lipinski definition) is 6. The van der Waals surface area contributed by atoms with E-state index in [1.807, 2.05) is 0 Å². The molecule has 0 spiro atoms. The lowest BCUT2D eigenvalue weighted by atomic mass is 9.87. The van der Waals surface area contributed by atoms with E-state index < -0.39 is 29.9 Å². The first kappa shape index (κ1) is 14.4. The highest BCUT2D eigenvalue weighted by molar-refractivity contribution is 6.15. The van der Waals surface area contributed by atoms with Crippen LogP contribution in [0.2, 0.25) is 0 Å². The Hall–Kier alpha value is -2.57. The van der Waals surface area contributed by atoms with Gasteiger partial charge in [0.15, 0.2) is 11.8 Å². The molecule has 2 unspecified atom stereocenters. The zero-order valence-electron chi connectivity index (χ0n) is 12.2. The Morgan fingerprint density at radius 3 is 2.86 bits per heavy atom. The minimum atomic E-state index is -1.31. The van der Waals surface area contributed by atoms with Gasteiger partial charge < -0.3 is 14.2 Å². The molecule has 3 rings (SSSR count). The van der Waals surface area contributed by atoms with Crippen molar-refractivity contribution >= 4 is 17.8 Å². The highest BCUT2D eigenvalue weighted by Crippen LogP contribution is 2.42. The summed E-state index contributed by atoms with van der Waals surface area (Å²) in [5, 5.41) is 0. The number of amides is 1. The van der Waals surface area contributed by atoms with Crippen LogP contribution in [0.5, 0.6) is 5.75 Å². The van der Waals surface area contributed by atoms with Crippen molar-refractivity contribution < 1.29 is 28.6 Å². The van der Waals surface area contributed by atoms with Crippen LogP contribution in [0.15, 0.2) is 18.2 Å². The van der Waals surface area contributed by atoms with Crippen molar-refractivity contribution in [3.05, 3.63) is 29.3 Å². The van der Waals surface area contributed by atoms with Crippen LogP contribution in [-0.4, -0.2) is 49.1 Å². The first-order valence-electron chi connectivity index (χ1n) is 6.93. The molecule has 0 N–H and O–H groups in total. The van der Waals surface area contributed by atoms with E-state index in [2.05, 4.69) is 0 Å². The summed E-state index contributed by atoms with van der Waals surface area (Å²) in [6.45, 7) is 1.83. The molecule has 0 bridgehead atoms. The SMILES string of the molecule is CCOC(=O)C1C(=O)c2cccc(OC)c2C2COC(=O)N12. The third-order valence-corrected chi connectivity index (χ3v) is 3.83. The summed E-state index contributed by atoms with van der Waals surface area (Å²) in [6, 6.07) is 3.15. The molecule has 1 aromatic rings. The molecule has 1 amide bonds. The number of benzene rings is 1. The molecular formula is C15H15NO6. The zero-order valence-corrected chi connectivity index (χ0v) is 12.2. The third-order valence-electron chi connectivity index (χ3n) is 3.83. The molecule has 2 aliphatic heterocycles. The maximum absolute atomic E-state index is 12.7. The molecule has 2 heterocycles. The number of nitrogens with zero attached hydrogens (tertiary/aromatic N) is 1. The fourth-order valence-corrected chi connectivity index (χ4v) is 2.94. The van der Waals surface area contributed by atoms with Crippen molar-refractivity contribution in [2.45, 2.75) is 19.0 Å². The maximum atomic E-state index is 12.7.